The second-order valence-corrected chi connectivity index (χ2v) is 8.66. The first-order valence-corrected chi connectivity index (χ1v) is 10.4. The zero-order valence-corrected chi connectivity index (χ0v) is 16.9. The SMILES string of the molecule is COC(=O)C1=C(C(=O)OC)C2CCCN(S(=O)(=O)c3ccc(C)cc3)C2=CC1. The van der Waals surface area contributed by atoms with Crippen molar-refractivity contribution in [2.45, 2.75) is 31.1 Å². The van der Waals surface area contributed by atoms with Crippen molar-refractivity contribution < 1.29 is 27.5 Å². The summed E-state index contributed by atoms with van der Waals surface area (Å²) in [5.41, 5.74) is 1.89. The number of fused-ring (bicyclic) bond motifs is 1. The highest BCUT2D eigenvalue weighted by Crippen LogP contribution is 2.41. The van der Waals surface area contributed by atoms with E-state index in [1.54, 1.807) is 30.3 Å². The molecule has 0 saturated carbocycles. The van der Waals surface area contributed by atoms with Gasteiger partial charge in [0.15, 0.2) is 0 Å². The molecule has 28 heavy (non-hydrogen) atoms. The van der Waals surface area contributed by atoms with Crippen molar-refractivity contribution >= 4 is 22.0 Å². The molecule has 0 aromatic heterocycles. The number of aryl methyl sites for hydroxylation is 1. The molecule has 2 aliphatic rings. The maximum absolute atomic E-state index is 13.2. The summed E-state index contributed by atoms with van der Waals surface area (Å²) in [7, 11) is -1.28. The number of carbonyl (C=O) groups is 2. The third-order valence-electron chi connectivity index (χ3n) is 5.13. The van der Waals surface area contributed by atoms with Crippen molar-refractivity contribution in [3.05, 3.63) is 52.7 Å². The van der Waals surface area contributed by atoms with Crippen LogP contribution in [-0.4, -0.2) is 45.4 Å². The predicted octanol–water partition coefficient (Wildman–Crippen LogP) is 2.33. The summed E-state index contributed by atoms with van der Waals surface area (Å²) in [4.78, 5) is 24.8. The summed E-state index contributed by atoms with van der Waals surface area (Å²) in [5, 5.41) is 0. The minimum atomic E-state index is -3.77. The fraction of sp³-hybridized carbons (Fsp3) is 0.400. The Kier molecular flexibility index (Phi) is 5.60. The quantitative estimate of drug-likeness (QED) is 0.714. The van der Waals surface area contributed by atoms with Gasteiger partial charge in [0.25, 0.3) is 10.0 Å². The summed E-state index contributed by atoms with van der Waals surface area (Å²) in [6.07, 6.45) is 2.93. The Hall–Kier alpha value is -2.61. The van der Waals surface area contributed by atoms with Crippen LogP contribution in [0.4, 0.5) is 0 Å². The lowest BCUT2D eigenvalue weighted by Gasteiger charge is -2.39. The smallest absolute Gasteiger partial charge is 0.334 e. The van der Waals surface area contributed by atoms with Crippen molar-refractivity contribution in [3.8, 4) is 0 Å². The Labute approximate surface area is 164 Å². The zero-order valence-electron chi connectivity index (χ0n) is 16.1. The van der Waals surface area contributed by atoms with Gasteiger partial charge in [-0.1, -0.05) is 23.8 Å². The summed E-state index contributed by atoms with van der Waals surface area (Å²) < 4.78 is 37.5. The van der Waals surface area contributed by atoms with Crippen LogP contribution in [0.5, 0.6) is 0 Å². The van der Waals surface area contributed by atoms with E-state index in [9.17, 15) is 18.0 Å². The fourth-order valence-electron chi connectivity index (χ4n) is 3.74. The van der Waals surface area contributed by atoms with Gasteiger partial charge >= 0.3 is 11.9 Å². The Balaban J connectivity index is 2.04. The molecule has 0 radical (unpaired) electrons. The maximum Gasteiger partial charge on any atom is 0.334 e. The van der Waals surface area contributed by atoms with Gasteiger partial charge in [0.05, 0.1) is 30.3 Å². The molecule has 1 atom stereocenters. The van der Waals surface area contributed by atoms with Crippen LogP contribution >= 0.6 is 0 Å². The number of nitrogens with zero attached hydrogens (tertiary/aromatic N) is 1. The number of hydrogen-bond donors (Lipinski definition) is 0. The van der Waals surface area contributed by atoms with Gasteiger partial charge in [0, 0.05) is 24.6 Å². The van der Waals surface area contributed by atoms with Crippen LogP contribution in [0.25, 0.3) is 0 Å². The molecule has 1 heterocycles. The highest BCUT2D eigenvalue weighted by atomic mass is 32.2. The Morgan fingerprint density at radius 2 is 1.71 bits per heavy atom. The molecule has 1 aliphatic carbocycles. The van der Waals surface area contributed by atoms with E-state index in [2.05, 4.69) is 0 Å². The van der Waals surface area contributed by atoms with Crippen LogP contribution in [0.3, 0.4) is 0 Å². The highest BCUT2D eigenvalue weighted by Gasteiger charge is 2.41. The molecule has 0 spiro atoms. The second kappa shape index (κ2) is 7.79. The van der Waals surface area contributed by atoms with Gasteiger partial charge in [-0.3, -0.25) is 4.31 Å². The zero-order chi connectivity index (χ0) is 20.5. The molecule has 0 bridgehead atoms. The number of piperidine rings is 1. The minimum Gasteiger partial charge on any atom is -0.466 e. The number of esters is 2. The Morgan fingerprint density at radius 1 is 1.07 bits per heavy atom. The van der Waals surface area contributed by atoms with Gasteiger partial charge in [-0.2, -0.15) is 0 Å². The normalized spacial score (nSPS) is 19.6. The first-order chi connectivity index (χ1) is 13.3. The predicted molar refractivity (Wildman–Crippen MR) is 102 cm³/mol. The number of ether oxygens (including phenoxy) is 2. The molecule has 7 nitrogen and oxygen atoms in total. The Bertz CT molecular complexity index is 959. The van der Waals surface area contributed by atoms with Crippen molar-refractivity contribution in [1.82, 2.24) is 4.31 Å². The number of rotatable bonds is 4. The number of methoxy groups -OCH3 is 2. The first-order valence-electron chi connectivity index (χ1n) is 9.00. The second-order valence-electron chi connectivity index (χ2n) is 6.79. The largest absolute Gasteiger partial charge is 0.466 e. The molecular formula is C20H23NO6S. The van der Waals surface area contributed by atoms with Gasteiger partial charge in [-0.25, -0.2) is 18.0 Å². The number of hydrogen-bond acceptors (Lipinski definition) is 6. The average molecular weight is 405 g/mol. The molecule has 1 unspecified atom stereocenters. The van der Waals surface area contributed by atoms with Crippen LogP contribution in [0.15, 0.2) is 52.1 Å². The molecule has 0 N–H and O–H groups in total. The third-order valence-corrected chi connectivity index (χ3v) is 6.98. The molecule has 0 amide bonds. The number of carbonyl (C=O) groups excluding carboxylic acids is 2. The number of benzene rings is 1. The van der Waals surface area contributed by atoms with Gasteiger partial charge in [-0.05, 0) is 31.9 Å². The van der Waals surface area contributed by atoms with E-state index in [1.165, 1.54) is 18.5 Å². The van der Waals surface area contributed by atoms with Gasteiger partial charge < -0.3 is 9.47 Å². The van der Waals surface area contributed by atoms with Crippen molar-refractivity contribution in [2.75, 3.05) is 20.8 Å². The monoisotopic (exact) mass is 405 g/mol. The summed E-state index contributed by atoms with van der Waals surface area (Å²) >= 11 is 0. The maximum atomic E-state index is 13.2. The van der Waals surface area contributed by atoms with Crippen LogP contribution in [0.2, 0.25) is 0 Å². The van der Waals surface area contributed by atoms with Gasteiger partial charge in [-0.15, -0.1) is 0 Å². The molecule has 1 saturated heterocycles. The van der Waals surface area contributed by atoms with E-state index in [1.807, 2.05) is 6.92 Å². The average Bonchev–Trinajstić information content (AvgIpc) is 2.71. The molecule has 1 aromatic rings. The topological polar surface area (TPSA) is 90.0 Å². The molecular weight excluding hydrogens is 382 g/mol. The fourth-order valence-corrected chi connectivity index (χ4v) is 5.32. The Morgan fingerprint density at radius 3 is 2.32 bits per heavy atom. The van der Waals surface area contributed by atoms with E-state index in [0.29, 0.717) is 25.1 Å². The molecule has 8 heteroatoms. The van der Waals surface area contributed by atoms with Crippen molar-refractivity contribution in [3.63, 3.8) is 0 Å². The van der Waals surface area contributed by atoms with E-state index in [0.717, 1.165) is 5.56 Å². The van der Waals surface area contributed by atoms with Crippen LogP contribution in [0, 0.1) is 12.8 Å². The van der Waals surface area contributed by atoms with Crippen molar-refractivity contribution in [1.29, 1.82) is 0 Å². The lowest BCUT2D eigenvalue weighted by molar-refractivity contribution is -0.140. The minimum absolute atomic E-state index is 0.114. The summed E-state index contributed by atoms with van der Waals surface area (Å²) in [5.74, 6) is -1.76. The molecule has 3 rings (SSSR count). The van der Waals surface area contributed by atoms with Gasteiger partial charge in [0.2, 0.25) is 0 Å². The molecule has 150 valence electrons. The third kappa shape index (κ3) is 3.44. The van der Waals surface area contributed by atoms with E-state index < -0.39 is 27.9 Å². The van der Waals surface area contributed by atoms with E-state index in [-0.39, 0.29) is 22.5 Å². The number of allylic oxidation sites excluding steroid dienone is 2. The standard InChI is InChI=1S/C20H23NO6S/c1-13-6-8-14(9-7-13)28(24,25)21-12-4-5-15-17(21)11-10-16(19(22)26-2)18(15)20(23)27-3/h6-9,11,15H,4-5,10,12H2,1-3H3. The van der Waals surface area contributed by atoms with E-state index in [4.69, 9.17) is 9.47 Å². The molecule has 1 aromatic carbocycles. The first kappa shape index (κ1) is 20.1. The summed E-state index contributed by atoms with van der Waals surface area (Å²) in [6.45, 7) is 2.21. The van der Waals surface area contributed by atoms with Gasteiger partial charge in [0.1, 0.15) is 0 Å². The van der Waals surface area contributed by atoms with Crippen LogP contribution < -0.4 is 0 Å². The molecule has 1 aliphatic heterocycles. The summed E-state index contributed by atoms with van der Waals surface area (Å²) in [6, 6.07) is 6.65. The van der Waals surface area contributed by atoms with Crippen LogP contribution in [-0.2, 0) is 29.1 Å². The lowest BCUT2D eigenvalue weighted by atomic mass is 9.80. The van der Waals surface area contributed by atoms with E-state index >= 15 is 0 Å². The number of sulfonamides is 1. The van der Waals surface area contributed by atoms with Crippen LogP contribution in [0.1, 0.15) is 24.8 Å². The molecule has 1 fully saturated rings. The lowest BCUT2D eigenvalue weighted by Crippen LogP contribution is -2.41. The van der Waals surface area contributed by atoms with Crippen molar-refractivity contribution in [2.24, 2.45) is 5.92 Å². The highest BCUT2D eigenvalue weighted by molar-refractivity contribution is 7.89.